The van der Waals surface area contributed by atoms with E-state index in [0.29, 0.717) is 18.0 Å². The van der Waals surface area contributed by atoms with E-state index in [4.69, 9.17) is 9.47 Å². The topological polar surface area (TPSA) is 50.7 Å². The molecule has 23 heavy (non-hydrogen) atoms. The van der Waals surface area contributed by atoms with Crippen molar-refractivity contribution in [3.63, 3.8) is 0 Å². The van der Waals surface area contributed by atoms with Gasteiger partial charge in [-0.15, -0.1) is 0 Å². The third kappa shape index (κ3) is 4.70. The summed E-state index contributed by atoms with van der Waals surface area (Å²) in [6.07, 6.45) is 0.327. The van der Waals surface area contributed by atoms with E-state index in [-0.39, 0.29) is 0 Å². The molecule has 0 spiro atoms. The van der Waals surface area contributed by atoms with Crippen LogP contribution in [0.25, 0.3) is 0 Å². The average molecular weight is 380 g/mol. The average Bonchev–Trinajstić information content (AvgIpc) is 2.60. The fourth-order valence-corrected chi connectivity index (χ4v) is 3.07. The summed E-state index contributed by atoms with van der Waals surface area (Å²) in [5, 5.41) is 13.4. The van der Waals surface area contributed by atoms with Crippen LogP contribution in [0.1, 0.15) is 17.2 Å². The van der Waals surface area contributed by atoms with E-state index in [9.17, 15) is 5.11 Å². The molecule has 2 N–H and O–H groups in total. The largest absolute Gasteiger partial charge is 0.493 e. The number of ether oxygens (including phenoxy) is 2. The predicted molar refractivity (Wildman–Crippen MR) is 95.2 cm³/mol. The predicted octanol–water partition coefficient (Wildman–Crippen LogP) is 3.33. The Bertz CT molecular complexity index is 619. The molecule has 124 valence electrons. The van der Waals surface area contributed by atoms with Gasteiger partial charge in [-0.2, -0.15) is 0 Å². The van der Waals surface area contributed by atoms with Gasteiger partial charge in [-0.05, 0) is 46.1 Å². The van der Waals surface area contributed by atoms with Gasteiger partial charge in [-0.1, -0.05) is 36.4 Å². The van der Waals surface area contributed by atoms with Crippen molar-refractivity contribution < 1.29 is 14.6 Å². The number of aliphatic hydroxyl groups is 1. The number of benzene rings is 2. The zero-order chi connectivity index (χ0) is 16.7. The molecule has 0 amide bonds. The molecule has 0 fully saturated rings. The second-order valence-electron chi connectivity index (χ2n) is 5.15. The number of rotatable bonds is 8. The van der Waals surface area contributed by atoms with Crippen molar-refractivity contribution in [3.8, 4) is 11.5 Å². The standard InChI is InChI=1S/C18H22BrNO3/c1-22-16-9-8-14(17(19)18(16)23-2)10-11-20-12-15(21)13-6-4-3-5-7-13/h3-9,15,20-21H,10-12H2,1-2H3. The lowest BCUT2D eigenvalue weighted by atomic mass is 10.1. The van der Waals surface area contributed by atoms with Crippen LogP contribution >= 0.6 is 15.9 Å². The summed E-state index contributed by atoms with van der Waals surface area (Å²) >= 11 is 3.57. The molecule has 0 heterocycles. The van der Waals surface area contributed by atoms with Crippen LogP contribution in [0, 0.1) is 0 Å². The van der Waals surface area contributed by atoms with Gasteiger partial charge < -0.3 is 19.9 Å². The van der Waals surface area contributed by atoms with E-state index in [1.165, 1.54) is 0 Å². The SMILES string of the molecule is COc1ccc(CCNCC(O)c2ccccc2)c(Br)c1OC. The number of hydrogen-bond donors (Lipinski definition) is 2. The van der Waals surface area contributed by atoms with E-state index in [1.54, 1.807) is 14.2 Å². The molecule has 1 unspecified atom stereocenters. The van der Waals surface area contributed by atoms with Crippen molar-refractivity contribution in [1.29, 1.82) is 0 Å². The smallest absolute Gasteiger partial charge is 0.175 e. The number of methoxy groups -OCH3 is 2. The number of hydrogen-bond acceptors (Lipinski definition) is 4. The zero-order valence-electron chi connectivity index (χ0n) is 13.4. The van der Waals surface area contributed by atoms with E-state index >= 15 is 0 Å². The number of halogens is 1. The first kappa shape index (κ1) is 17.8. The highest BCUT2D eigenvalue weighted by Gasteiger charge is 2.12. The Labute approximate surface area is 145 Å². The summed E-state index contributed by atoms with van der Waals surface area (Å²) in [7, 11) is 3.25. The minimum atomic E-state index is -0.495. The van der Waals surface area contributed by atoms with Crippen molar-refractivity contribution in [1.82, 2.24) is 5.32 Å². The summed E-state index contributed by atoms with van der Waals surface area (Å²) in [4.78, 5) is 0. The van der Waals surface area contributed by atoms with E-state index in [1.807, 2.05) is 42.5 Å². The van der Waals surface area contributed by atoms with E-state index < -0.39 is 6.10 Å². The lowest BCUT2D eigenvalue weighted by molar-refractivity contribution is 0.175. The van der Waals surface area contributed by atoms with Gasteiger partial charge in [-0.25, -0.2) is 0 Å². The molecule has 0 aromatic heterocycles. The number of aliphatic hydroxyl groups excluding tert-OH is 1. The molecule has 0 aliphatic heterocycles. The molecule has 0 saturated heterocycles. The van der Waals surface area contributed by atoms with Crippen molar-refractivity contribution in [2.45, 2.75) is 12.5 Å². The molecule has 0 radical (unpaired) electrons. The van der Waals surface area contributed by atoms with Crippen LogP contribution in [0.15, 0.2) is 46.9 Å². The molecule has 2 aromatic carbocycles. The van der Waals surface area contributed by atoms with E-state index in [2.05, 4.69) is 21.2 Å². The molecular formula is C18H22BrNO3. The van der Waals surface area contributed by atoms with Crippen LogP contribution < -0.4 is 14.8 Å². The third-order valence-corrected chi connectivity index (χ3v) is 4.53. The molecule has 2 rings (SSSR count). The monoisotopic (exact) mass is 379 g/mol. The molecule has 1 atom stereocenters. The maximum Gasteiger partial charge on any atom is 0.175 e. The van der Waals surface area contributed by atoms with Crippen LogP contribution in [0.5, 0.6) is 11.5 Å². The fraction of sp³-hybridized carbons (Fsp3) is 0.333. The molecule has 4 nitrogen and oxygen atoms in total. The third-order valence-electron chi connectivity index (χ3n) is 3.66. The first-order valence-corrected chi connectivity index (χ1v) is 8.29. The van der Waals surface area contributed by atoms with Crippen molar-refractivity contribution in [3.05, 3.63) is 58.1 Å². The van der Waals surface area contributed by atoms with Crippen LogP contribution in [-0.4, -0.2) is 32.4 Å². The fourth-order valence-electron chi connectivity index (χ4n) is 2.38. The second-order valence-corrected chi connectivity index (χ2v) is 5.95. The molecule has 0 aliphatic rings. The molecule has 0 saturated carbocycles. The molecule has 0 bridgehead atoms. The Morgan fingerprint density at radius 1 is 1.09 bits per heavy atom. The molecule has 2 aromatic rings. The zero-order valence-corrected chi connectivity index (χ0v) is 15.0. The molecule has 0 aliphatic carbocycles. The maximum atomic E-state index is 10.1. The Morgan fingerprint density at radius 3 is 2.48 bits per heavy atom. The van der Waals surface area contributed by atoms with Gasteiger partial charge in [0.05, 0.1) is 24.8 Å². The van der Waals surface area contributed by atoms with Crippen molar-refractivity contribution in [2.75, 3.05) is 27.3 Å². The quantitative estimate of drug-likeness (QED) is 0.690. The van der Waals surface area contributed by atoms with Gasteiger partial charge in [0.1, 0.15) is 0 Å². The summed E-state index contributed by atoms with van der Waals surface area (Å²) < 4.78 is 11.6. The highest BCUT2D eigenvalue weighted by Crippen LogP contribution is 2.37. The van der Waals surface area contributed by atoms with Gasteiger partial charge in [0.15, 0.2) is 11.5 Å². The maximum absolute atomic E-state index is 10.1. The van der Waals surface area contributed by atoms with Crippen LogP contribution in [0.3, 0.4) is 0 Å². The van der Waals surface area contributed by atoms with Gasteiger partial charge >= 0.3 is 0 Å². The van der Waals surface area contributed by atoms with Crippen molar-refractivity contribution in [2.24, 2.45) is 0 Å². The Kier molecular flexibility index (Phi) is 6.89. The minimum absolute atomic E-state index is 0.495. The molecular weight excluding hydrogens is 358 g/mol. The minimum Gasteiger partial charge on any atom is -0.493 e. The summed E-state index contributed by atoms with van der Waals surface area (Å²) in [5.74, 6) is 1.41. The summed E-state index contributed by atoms with van der Waals surface area (Å²) in [6.45, 7) is 1.28. The highest BCUT2D eigenvalue weighted by atomic mass is 79.9. The first-order chi connectivity index (χ1) is 11.2. The normalized spacial score (nSPS) is 12.0. The van der Waals surface area contributed by atoms with Crippen molar-refractivity contribution >= 4 is 15.9 Å². The Morgan fingerprint density at radius 2 is 1.83 bits per heavy atom. The van der Waals surface area contributed by atoms with Crippen LogP contribution in [-0.2, 0) is 6.42 Å². The molecule has 5 heteroatoms. The lowest BCUT2D eigenvalue weighted by Crippen LogP contribution is -2.23. The van der Waals surface area contributed by atoms with Gasteiger partial charge in [0, 0.05) is 6.54 Å². The Hall–Kier alpha value is -1.56. The van der Waals surface area contributed by atoms with Crippen LogP contribution in [0.2, 0.25) is 0 Å². The summed E-state index contributed by atoms with van der Waals surface area (Å²) in [5.41, 5.74) is 2.05. The highest BCUT2D eigenvalue weighted by molar-refractivity contribution is 9.10. The summed E-state index contributed by atoms with van der Waals surface area (Å²) in [6, 6.07) is 13.6. The number of nitrogens with one attached hydrogen (secondary N) is 1. The van der Waals surface area contributed by atoms with Crippen LogP contribution in [0.4, 0.5) is 0 Å². The second kappa shape index (κ2) is 8.91. The Balaban J connectivity index is 1.87. The van der Waals surface area contributed by atoms with E-state index in [0.717, 1.165) is 28.6 Å². The first-order valence-electron chi connectivity index (χ1n) is 7.50. The van der Waals surface area contributed by atoms with Gasteiger partial charge in [-0.3, -0.25) is 0 Å². The van der Waals surface area contributed by atoms with Gasteiger partial charge in [0.25, 0.3) is 0 Å². The van der Waals surface area contributed by atoms with Gasteiger partial charge in [0.2, 0.25) is 0 Å². The lowest BCUT2D eigenvalue weighted by Gasteiger charge is -2.14.